The molecule has 0 bridgehead atoms. The maximum absolute atomic E-state index is 8.91. The molecule has 2 heteroatoms. The average molecular weight is 172 g/mol. The van der Waals surface area contributed by atoms with Crippen molar-refractivity contribution in [2.45, 2.75) is 45.6 Å². The summed E-state index contributed by atoms with van der Waals surface area (Å²) in [6.07, 6.45) is 5.92. The van der Waals surface area contributed by atoms with Gasteiger partial charge in [0, 0.05) is 17.1 Å². The first-order valence-electron chi connectivity index (χ1n) is 3.07. The second kappa shape index (κ2) is 6.60. The molecule has 0 spiro atoms. The fourth-order valence-corrected chi connectivity index (χ4v) is 1.08. The normalized spacial score (nSPS) is 19.7. The Balaban J connectivity index is 0. The molecular weight excluding hydrogens is 156 g/mol. The molecule has 0 amide bonds. The topological polar surface area (TPSA) is 20.2 Å². The van der Waals surface area contributed by atoms with Gasteiger partial charge in [-0.25, -0.2) is 0 Å². The molecule has 9 heavy (non-hydrogen) atoms. The van der Waals surface area contributed by atoms with Crippen LogP contribution in [-0.4, -0.2) is 11.2 Å². The van der Waals surface area contributed by atoms with Crippen molar-refractivity contribution < 1.29 is 22.2 Å². The zero-order valence-corrected chi connectivity index (χ0v) is 6.02. The van der Waals surface area contributed by atoms with Crippen LogP contribution in [0.3, 0.4) is 0 Å². The summed E-state index contributed by atoms with van der Waals surface area (Å²) in [4.78, 5) is 0. The van der Waals surface area contributed by atoms with Gasteiger partial charge in [0.05, 0.1) is 6.10 Å². The van der Waals surface area contributed by atoms with E-state index in [2.05, 4.69) is 0 Å². The van der Waals surface area contributed by atoms with Gasteiger partial charge in [-0.2, -0.15) is 0 Å². The van der Waals surface area contributed by atoms with E-state index < -0.39 is 0 Å². The van der Waals surface area contributed by atoms with Crippen molar-refractivity contribution in [3.8, 4) is 0 Å². The Labute approximate surface area is 68.3 Å². The van der Waals surface area contributed by atoms with E-state index in [1.165, 1.54) is 19.3 Å². The van der Waals surface area contributed by atoms with E-state index >= 15 is 0 Å². The standard InChI is InChI=1S/C6H12O.CH4.Fe/c7-6-4-2-1-3-5-6;;/h6-7H,1-5H2;1H4;. The van der Waals surface area contributed by atoms with Crippen molar-refractivity contribution in [2.75, 3.05) is 0 Å². The van der Waals surface area contributed by atoms with Crippen LogP contribution in [0.2, 0.25) is 0 Å². The zero-order chi connectivity index (χ0) is 5.11. The first kappa shape index (κ1) is 12.2. The summed E-state index contributed by atoms with van der Waals surface area (Å²) in [6, 6.07) is 0. The Kier molecular flexibility index (Phi) is 8.93. The maximum Gasteiger partial charge on any atom is 0.0540 e. The van der Waals surface area contributed by atoms with Crippen molar-refractivity contribution in [1.29, 1.82) is 0 Å². The van der Waals surface area contributed by atoms with E-state index in [9.17, 15) is 0 Å². The second-order valence-electron chi connectivity index (χ2n) is 2.29. The molecule has 1 nitrogen and oxygen atoms in total. The molecule has 1 fully saturated rings. The molecule has 58 valence electrons. The van der Waals surface area contributed by atoms with Crippen molar-refractivity contribution in [3.05, 3.63) is 0 Å². The summed E-state index contributed by atoms with van der Waals surface area (Å²) < 4.78 is 0. The Morgan fingerprint density at radius 2 is 1.44 bits per heavy atom. The number of hydrogen-bond acceptors (Lipinski definition) is 1. The van der Waals surface area contributed by atoms with Crippen LogP contribution in [0.25, 0.3) is 0 Å². The van der Waals surface area contributed by atoms with Crippen LogP contribution in [0, 0.1) is 0 Å². The van der Waals surface area contributed by atoms with Gasteiger partial charge in [0.2, 0.25) is 0 Å². The fourth-order valence-electron chi connectivity index (χ4n) is 1.08. The Bertz CT molecular complexity index is 50.9. The molecule has 1 aliphatic rings. The zero-order valence-electron chi connectivity index (χ0n) is 4.91. The Morgan fingerprint density at radius 1 is 1.00 bits per heavy atom. The third-order valence-corrected chi connectivity index (χ3v) is 1.57. The number of rotatable bonds is 0. The molecule has 1 rings (SSSR count). The van der Waals surface area contributed by atoms with Crippen LogP contribution in [-0.2, 0) is 17.1 Å². The quantitative estimate of drug-likeness (QED) is 0.553. The second-order valence-corrected chi connectivity index (χ2v) is 2.29. The minimum Gasteiger partial charge on any atom is -0.393 e. The Hall–Kier alpha value is 0.479. The van der Waals surface area contributed by atoms with Gasteiger partial charge in [-0.15, -0.1) is 0 Å². The molecule has 1 N–H and O–H groups in total. The van der Waals surface area contributed by atoms with Crippen molar-refractivity contribution in [3.63, 3.8) is 0 Å². The predicted octanol–water partition coefficient (Wildman–Crippen LogP) is 1.95. The average Bonchev–Trinajstić information content (AvgIpc) is 1.69. The van der Waals surface area contributed by atoms with Crippen molar-refractivity contribution in [2.24, 2.45) is 0 Å². The van der Waals surface area contributed by atoms with Crippen LogP contribution in [0.15, 0.2) is 0 Å². The van der Waals surface area contributed by atoms with Gasteiger partial charge in [0.25, 0.3) is 0 Å². The maximum atomic E-state index is 8.91. The molecule has 0 radical (unpaired) electrons. The van der Waals surface area contributed by atoms with Crippen LogP contribution >= 0.6 is 0 Å². The SMILES string of the molecule is C.OC1CCCCC1.[Fe]. The molecule has 0 saturated heterocycles. The molecule has 0 heterocycles. The van der Waals surface area contributed by atoms with E-state index in [1.54, 1.807) is 0 Å². The Morgan fingerprint density at radius 3 is 1.67 bits per heavy atom. The molecule has 0 aromatic rings. The largest absolute Gasteiger partial charge is 0.393 e. The summed E-state index contributed by atoms with van der Waals surface area (Å²) in [7, 11) is 0. The molecule has 0 aliphatic heterocycles. The van der Waals surface area contributed by atoms with E-state index in [4.69, 9.17) is 5.11 Å². The molecule has 1 aliphatic carbocycles. The van der Waals surface area contributed by atoms with E-state index in [0.717, 1.165) is 12.8 Å². The summed E-state index contributed by atoms with van der Waals surface area (Å²) in [5, 5.41) is 8.91. The van der Waals surface area contributed by atoms with Crippen molar-refractivity contribution in [1.82, 2.24) is 0 Å². The first-order chi connectivity index (χ1) is 3.39. The van der Waals surface area contributed by atoms with Crippen LogP contribution < -0.4 is 0 Å². The minimum absolute atomic E-state index is 0. The van der Waals surface area contributed by atoms with E-state index in [-0.39, 0.29) is 30.6 Å². The fraction of sp³-hybridized carbons (Fsp3) is 1.00. The summed E-state index contributed by atoms with van der Waals surface area (Å²) in [5.41, 5.74) is 0. The van der Waals surface area contributed by atoms with Crippen molar-refractivity contribution >= 4 is 0 Å². The molecule has 0 aromatic carbocycles. The molecule has 0 atom stereocenters. The predicted molar refractivity (Wildman–Crippen MR) is 35.8 cm³/mol. The van der Waals surface area contributed by atoms with Gasteiger partial charge in [0.15, 0.2) is 0 Å². The van der Waals surface area contributed by atoms with Gasteiger partial charge in [0.1, 0.15) is 0 Å². The molecule has 0 aromatic heterocycles. The van der Waals surface area contributed by atoms with E-state index in [1.807, 2.05) is 0 Å². The molecule has 1 saturated carbocycles. The van der Waals surface area contributed by atoms with Gasteiger partial charge in [-0.05, 0) is 12.8 Å². The number of aliphatic hydroxyl groups is 1. The molecular formula is C7H16FeO. The number of aliphatic hydroxyl groups excluding tert-OH is 1. The van der Waals surface area contributed by atoms with Crippen LogP contribution in [0.5, 0.6) is 0 Å². The smallest absolute Gasteiger partial charge is 0.0540 e. The van der Waals surface area contributed by atoms with Gasteiger partial charge < -0.3 is 5.11 Å². The minimum atomic E-state index is 0. The van der Waals surface area contributed by atoms with Gasteiger partial charge >= 0.3 is 0 Å². The summed E-state index contributed by atoms with van der Waals surface area (Å²) in [6.45, 7) is 0. The first-order valence-corrected chi connectivity index (χ1v) is 3.07. The van der Waals surface area contributed by atoms with Gasteiger partial charge in [-0.1, -0.05) is 26.7 Å². The molecule has 0 unspecified atom stereocenters. The monoisotopic (exact) mass is 172 g/mol. The van der Waals surface area contributed by atoms with E-state index in [0.29, 0.717) is 0 Å². The third kappa shape index (κ3) is 4.95. The summed E-state index contributed by atoms with van der Waals surface area (Å²) in [5.74, 6) is 0. The summed E-state index contributed by atoms with van der Waals surface area (Å²) >= 11 is 0. The third-order valence-electron chi connectivity index (χ3n) is 1.57. The van der Waals surface area contributed by atoms with Crippen LogP contribution in [0.4, 0.5) is 0 Å². The number of hydrogen-bond donors (Lipinski definition) is 1. The van der Waals surface area contributed by atoms with Crippen LogP contribution in [0.1, 0.15) is 39.5 Å². The van der Waals surface area contributed by atoms with Gasteiger partial charge in [-0.3, -0.25) is 0 Å².